The molecule has 0 saturated carbocycles. The first-order chi connectivity index (χ1) is 11.9. The van der Waals surface area contributed by atoms with E-state index in [-0.39, 0.29) is 6.23 Å². The third-order valence-electron chi connectivity index (χ3n) is 3.10. The van der Waals surface area contributed by atoms with Crippen LogP contribution in [0.25, 0.3) is 0 Å². The fourth-order valence-electron chi connectivity index (χ4n) is 1.99. The van der Waals surface area contributed by atoms with Crippen LogP contribution >= 0.6 is 0 Å². The summed E-state index contributed by atoms with van der Waals surface area (Å²) in [4.78, 5) is 11.8. The summed E-state index contributed by atoms with van der Waals surface area (Å²) in [5.41, 5.74) is 1.98. The second kappa shape index (κ2) is 10.9. The van der Waals surface area contributed by atoms with Crippen LogP contribution in [0.5, 0.6) is 0 Å². The van der Waals surface area contributed by atoms with E-state index in [9.17, 15) is 4.79 Å². The molecule has 0 saturated heterocycles. The Kier molecular flexibility index (Phi) is 10.5. The summed E-state index contributed by atoms with van der Waals surface area (Å²) in [6.45, 7) is 24.5. The molecule has 0 aromatic heterocycles. The molecule has 0 aliphatic heterocycles. The molecule has 26 heavy (non-hydrogen) atoms. The number of hydrogen-bond donors (Lipinski definition) is 0. The van der Waals surface area contributed by atoms with Crippen molar-refractivity contribution in [1.82, 2.24) is 0 Å². The molecule has 2 unspecified atom stereocenters. The van der Waals surface area contributed by atoms with Gasteiger partial charge in [-0.05, 0) is 33.1 Å². The highest BCUT2D eigenvalue weighted by Crippen LogP contribution is 2.23. The smallest absolute Gasteiger partial charge is 0.356 e. The Morgan fingerprint density at radius 2 is 1.50 bits per heavy atom. The number of hydrogen-bond acceptors (Lipinski definition) is 6. The topological polar surface area (TPSA) is 63.2 Å². The third kappa shape index (κ3) is 9.57. The van der Waals surface area contributed by atoms with E-state index in [2.05, 4.69) is 26.3 Å². The van der Waals surface area contributed by atoms with Crippen molar-refractivity contribution in [2.45, 2.75) is 33.1 Å². The van der Waals surface area contributed by atoms with Crippen molar-refractivity contribution in [3.05, 3.63) is 49.7 Å². The van der Waals surface area contributed by atoms with Crippen LogP contribution in [-0.4, -0.2) is 51.1 Å². The normalized spacial score (nSPS) is 16.0. The molecule has 0 spiro atoms. The van der Waals surface area contributed by atoms with E-state index in [4.69, 9.17) is 21.8 Å². The lowest BCUT2D eigenvalue weighted by atomic mass is 10.4. The summed E-state index contributed by atoms with van der Waals surface area (Å²) in [7, 11) is -8.29. The summed E-state index contributed by atoms with van der Waals surface area (Å²) in [6.07, 6.45) is 3.31. The number of esters is 1. The fourth-order valence-corrected chi connectivity index (χ4v) is 12.9. The van der Waals surface area contributed by atoms with Crippen molar-refractivity contribution in [2.75, 3.05) is 19.4 Å². The van der Waals surface area contributed by atoms with Crippen LogP contribution in [0, 0.1) is 0 Å². The minimum absolute atomic E-state index is 0.000448. The molecule has 0 aliphatic carbocycles. The summed E-state index contributed by atoms with van der Waals surface area (Å²) in [5.74, 6) is -0.489. The van der Waals surface area contributed by atoms with Crippen molar-refractivity contribution >= 4 is 31.7 Å². The molecule has 148 valence electrons. The Bertz CT molecular complexity index is 537. The van der Waals surface area contributed by atoms with Crippen molar-refractivity contribution in [3.8, 4) is 0 Å². The van der Waals surface area contributed by atoms with E-state index in [0.29, 0.717) is 18.8 Å². The van der Waals surface area contributed by atoms with Crippen LogP contribution in [0.3, 0.4) is 0 Å². The molecule has 0 radical (unpaired) electrons. The van der Waals surface area contributed by atoms with Gasteiger partial charge in [0.25, 0.3) is 0 Å². The van der Waals surface area contributed by atoms with Crippen LogP contribution in [0.1, 0.15) is 6.92 Å². The summed E-state index contributed by atoms with van der Waals surface area (Å²) in [5, 5.41) is 0. The number of ether oxygens (including phenoxy) is 1. The molecule has 0 aromatic carbocycles. The molecule has 0 heterocycles. The fraction of sp³-hybridized carbons (Fsp3) is 0.471. The zero-order chi connectivity index (χ0) is 20.4. The Labute approximate surface area is 160 Å². The minimum Gasteiger partial charge on any atom is -0.460 e. The molecule has 0 fully saturated rings. The highest BCUT2D eigenvalue weighted by atomic mass is 28.5. The van der Waals surface area contributed by atoms with Gasteiger partial charge in [0, 0.05) is 5.57 Å². The van der Waals surface area contributed by atoms with Gasteiger partial charge in [0.1, 0.15) is 6.23 Å². The van der Waals surface area contributed by atoms with Crippen molar-refractivity contribution in [2.24, 2.45) is 0 Å². The van der Waals surface area contributed by atoms with E-state index in [1.807, 2.05) is 26.2 Å². The van der Waals surface area contributed by atoms with Gasteiger partial charge in [-0.25, -0.2) is 4.79 Å². The largest absolute Gasteiger partial charge is 0.460 e. The van der Waals surface area contributed by atoms with Gasteiger partial charge in [0.05, 0.1) is 13.2 Å². The van der Waals surface area contributed by atoms with Gasteiger partial charge in [-0.15, -0.1) is 19.7 Å². The maximum Gasteiger partial charge on any atom is 0.356 e. The Morgan fingerprint density at radius 1 is 0.962 bits per heavy atom. The van der Waals surface area contributed by atoms with E-state index in [1.165, 1.54) is 0 Å². The SMILES string of the molecule is C=CCO[Si](C)(C)O[Si](C)(COC(=O)C(=C)C)O[Si](C)(C=C)OCC=C. The molecule has 0 aromatic rings. The van der Waals surface area contributed by atoms with E-state index in [0.717, 1.165) is 0 Å². The van der Waals surface area contributed by atoms with E-state index < -0.39 is 31.7 Å². The van der Waals surface area contributed by atoms with Crippen LogP contribution < -0.4 is 0 Å². The van der Waals surface area contributed by atoms with Crippen LogP contribution in [0.2, 0.25) is 26.2 Å². The zero-order valence-corrected chi connectivity index (χ0v) is 19.6. The third-order valence-corrected chi connectivity index (χ3v) is 13.2. The highest BCUT2D eigenvalue weighted by Gasteiger charge is 2.47. The first-order valence-electron chi connectivity index (χ1n) is 8.29. The lowest BCUT2D eigenvalue weighted by molar-refractivity contribution is -0.137. The van der Waals surface area contributed by atoms with Crippen molar-refractivity contribution < 1.29 is 26.6 Å². The predicted octanol–water partition coefficient (Wildman–Crippen LogP) is 3.65. The molecular weight excluding hydrogens is 384 g/mol. The molecule has 2 atom stereocenters. The molecule has 0 rings (SSSR count). The van der Waals surface area contributed by atoms with Gasteiger partial charge in [0.15, 0.2) is 0 Å². The van der Waals surface area contributed by atoms with Gasteiger partial charge in [0.2, 0.25) is 0 Å². The lowest BCUT2D eigenvalue weighted by Gasteiger charge is -2.39. The van der Waals surface area contributed by atoms with Crippen LogP contribution in [-0.2, 0) is 26.6 Å². The van der Waals surface area contributed by atoms with Gasteiger partial charge >= 0.3 is 31.7 Å². The molecule has 6 nitrogen and oxygen atoms in total. The second-order valence-electron chi connectivity index (χ2n) is 6.51. The highest BCUT2D eigenvalue weighted by molar-refractivity contribution is 6.87. The standard InChI is InChI=1S/C17H32O6Si3/c1-10-13-20-24(6,7)22-26(9,15-19-17(18)16(4)5)23-25(8,12-3)21-14-11-2/h10-12H,1-4,13-15H2,5-9H3. The van der Waals surface area contributed by atoms with E-state index >= 15 is 0 Å². The van der Waals surface area contributed by atoms with Gasteiger partial charge in [-0.2, -0.15) is 0 Å². The number of rotatable bonds is 14. The first-order valence-corrected chi connectivity index (χ1v) is 16.0. The first kappa shape index (κ1) is 24.9. The summed E-state index contributed by atoms with van der Waals surface area (Å²) >= 11 is 0. The average Bonchev–Trinajstić information content (AvgIpc) is 2.55. The van der Waals surface area contributed by atoms with Crippen LogP contribution in [0.4, 0.5) is 0 Å². The summed E-state index contributed by atoms with van der Waals surface area (Å²) in [6, 6.07) is 0. The quantitative estimate of drug-likeness (QED) is 0.186. The Hall–Kier alpha value is -1.08. The van der Waals surface area contributed by atoms with Gasteiger partial charge < -0.3 is 21.8 Å². The monoisotopic (exact) mass is 416 g/mol. The Balaban J connectivity index is 5.44. The molecule has 0 amide bonds. The molecule has 0 N–H and O–H groups in total. The minimum atomic E-state index is -3.00. The molecule has 9 heteroatoms. The molecular formula is C17H32O6Si3. The number of carbonyl (C=O) groups excluding carboxylic acids is 1. The summed E-state index contributed by atoms with van der Waals surface area (Å²) < 4.78 is 29.5. The maximum atomic E-state index is 11.8. The second-order valence-corrected chi connectivity index (χ2v) is 16.5. The molecule has 0 bridgehead atoms. The molecule has 0 aliphatic rings. The Morgan fingerprint density at radius 3 is 1.96 bits per heavy atom. The van der Waals surface area contributed by atoms with Gasteiger partial charge in [-0.3, -0.25) is 0 Å². The predicted molar refractivity (Wildman–Crippen MR) is 111 cm³/mol. The number of carbonyl (C=O) groups is 1. The lowest BCUT2D eigenvalue weighted by Crippen LogP contribution is -2.59. The van der Waals surface area contributed by atoms with E-state index in [1.54, 1.807) is 24.8 Å². The van der Waals surface area contributed by atoms with Crippen LogP contribution in [0.15, 0.2) is 49.7 Å². The van der Waals surface area contributed by atoms with Crippen molar-refractivity contribution in [3.63, 3.8) is 0 Å². The van der Waals surface area contributed by atoms with Crippen molar-refractivity contribution in [1.29, 1.82) is 0 Å². The zero-order valence-electron chi connectivity index (χ0n) is 16.6. The van der Waals surface area contributed by atoms with Gasteiger partial charge in [-0.1, -0.05) is 24.4 Å². The average molecular weight is 417 g/mol. The maximum absolute atomic E-state index is 11.8.